The molecule has 34 heavy (non-hydrogen) atoms. The summed E-state index contributed by atoms with van der Waals surface area (Å²) in [4.78, 5) is 44.1. The summed E-state index contributed by atoms with van der Waals surface area (Å²) in [5, 5.41) is 4.24. The minimum atomic E-state index is -0.391. The number of carbonyl (C=O) groups is 2. The average molecular weight is 498 g/mol. The number of fused-ring (bicyclic) bond motifs is 3. The van der Waals surface area contributed by atoms with Crippen molar-refractivity contribution in [3.05, 3.63) is 56.7 Å². The van der Waals surface area contributed by atoms with Gasteiger partial charge in [-0.05, 0) is 61.9 Å². The van der Waals surface area contributed by atoms with E-state index in [1.54, 1.807) is 41.0 Å². The molecule has 0 spiro atoms. The molecule has 0 radical (unpaired) electrons. The summed E-state index contributed by atoms with van der Waals surface area (Å²) in [5.74, 6) is -0.416. The van der Waals surface area contributed by atoms with Crippen molar-refractivity contribution in [3.8, 4) is 0 Å². The van der Waals surface area contributed by atoms with Gasteiger partial charge in [-0.1, -0.05) is 30.8 Å². The Morgan fingerprint density at radius 2 is 2.03 bits per heavy atom. The Morgan fingerprint density at radius 3 is 2.76 bits per heavy atom. The topological polar surface area (TPSA) is 90.3 Å². The van der Waals surface area contributed by atoms with Gasteiger partial charge in [0.15, 0.2) is 5.16 Å². The number of aryl methyl sites for hydroxylation is 2. The molecule has 3 aromatic rings. The molecule has 1 aromatic carbocycles. The molecule has 178 valence electrons. The molecular formula is C25H27N3O4S2. The first-order valence-corrected chi connectivity index (χ1v) is 13.2. The number of esters is 1. The Kier molecular flexibility index (Phi) is 7.84. The summed E-state index contributed by atoms with van der Waals surface area (Å²) in [6, 6.07) is 7.17. The van der Waals surface area contributed by atoms with Crippen LogP contribution in [0.2, 0.25) is 0 Å². The van der Waals surface area contributed by atoms with Crippen LogP contribution in [0.3, 0.4) is 0 Å². The lowest BCUT2D eigenvalue weighted by Gasteiger charge is -2.11. The summed E-state index contributed by atoms with van der Waals surface area (Å²) in [5.41, 5.74) is 2.67. The highest BCUT2D eigenvalue weighted by Crippen LogP contribution is 2.35. The lowest BCUT2D eigenvalue weighted by Crippen LogP contribution is -2.24. The molecule has 0 aliphatic heterocycles. The molecule has 1 aliphatic carbocycles. The van der Waals surface area contributed by atoms with Crippen LogP contribution >= 0.6 is 23.1 Å². The van der Waals surface area contributed by atoms with Crippen molar-refractivity contribution in [1.29, 1.82) is 0 Å². The number of rotatable bonds is 9. The number of benzene rings is 1. The second kappa shape index (κ2) is 11.0. The van der Waals surface area contributed by atoms with Crippen molar-refractivity contribution in [2.75, 3.05) is 17.7 Å². The van der Waals surface area contributed by atoms with E-state index in [1.807, 2.05) is 19.1 Å². The molecule has 1 N–H and O–H groups in total. The first-order chi connectivity index (χ1) is 16.5. The number of nitrogens with zero attached hydrogens (tertiary/aromatic N) is 2. The van der Waals surface area contributed by atoms with Crippen LogP contribution in [0.15, 0.2) is 40.3 Å². The van der Waals surface area contributed by atoms with Crippen LogP contribution in [-0.4, -0.2) is 33.8 Å². The van der Waals surface area contributed by atoms with Crippen molar-refractivity contribution in [2.24, 2.45) is 0 Å². The van der Waals surface area contributed by atoms with Gasteiger partial charge in [0.25, 0.3) is 5.56 Å². The van der Waals surface area contributed by atoms with Crippen molar-refractivity contribution in [1.82, 2.24) is 9.55 Å². The maximum Gasteiger partial charge on any atom is 0.330 e. The fourth-order valence-corrected chi connectivity index (χ4v) is 6.08. The molecule has 0 saturated heterocycles. The number of aromatic nitrogens is 2. The third kappa shape index (κ3) is 5.42. The van der Waals surface area contributed by atoms with Gasteiger partial charge in [-0.3, -0.25) is 14.2 Å². The van der Waals surface area contributed by atoms with Crippen LogP contribution in [0, 0.1) is 0 Å². The van der Waals surface area contributed by atoms with Gasteiger partial charge < -0.3 is 10.1 Å². The van der Waals surface area contributed by atoms with E-state index in [2.05, 4.69) is 5.32 Å². The number of anilines is 1. The zero-order chi connectivity index (χ0) is 24.1. The number of amides is 1. The quantitative estimate of drug-likeness (QED) is 0.200. The Labute approximate surface area is 206 Å². The maximum atomic E-state index is 13.2. The molecule has 0 bridgehead atoms. The van der Waals surface area contributed by atoms with E-state index in [1.165, 1.54) is 28.3 Å². The van der Waals surface area contributed by atoms with Gasteiger partial charge in [-0.2, -0.15) is 0 Å². The molecule has 2 aromatic heterocycles. The second-order valence-electron chi connectivity index (χ2n) is 7.93. The molecule has 0 fully saturated rings. The van der Waals surface area contributed by atoms with Gasteiger partial charge in [0.05, 0.1) is 17.7 Å². The first kappa shape index (κ1) is 24.2. The number of hydrogen-bond donors (Lipinski definition) is 1. The summed E-state index contributed by atoms with van der Waals surface area (Å²) < 4.78 is 6.58. The number of thioether (sulfide) groups is 1. The maximum absolute atomic E-state index is 13.2. The molecule has 1 aliphatic rings. The Morgan fingerprint density at radius 1 is 1.24 bits per heavy atom. The third-order valence-corrected chi connectivity index (χ3v) is 7.62. The fraction of sp³-hybridized carbons (Fsp3) is 0.360. The van der Waals surface area contributed by atoms with Gasteiger partial charge in [0.1, 0.15) is 4.83 Å². The molecule has 0 saturated carbocycles. The van der Waals surface area contributed by atoms with E-state index in [0.717, 1.165) is 41.5 Å². The Balaban J connectivity index is 1.43. The van der Waals surface area contributed by atoms with Crippen LogP contribution in [0.1, 0.15) is 42.7 Å². The van der Waals surface area contributed by atoms with Gasteiger partial charge in [-0.25, -0.2) is 9.78 Å². The molecule has 7 nitrogen and oxygen atoms in total. The van der Waals surface area contributed by atoms with Crippen molar-refractivity contribution in [2.45, 2.75) is 51.2 Å². The third-order valence-electron chi connectivity index (χ3n) is 5.46. The summed E-state index contributed by atoms with van der Waals surface area (Å²) in [6.45, 7) is 4.70. The number of nitrogens with one attached hydrogen (secondary N) is 1. The average Bonchev–Trinajstić information content (AvgIpc) is 3.40. The summed E-state index contributed by atoms with van der Waals surface area (Å²) in [6.07, 6.45) is 6.92. The SMILES string of the molecule is CCCn1c(SCC(=O)Nc2ccc(/C=C/C(=O)OCC)cc2)nc2sc3c(c2c1=O)CCC3. The molecule has 1 amide bonds. The minimum Gasteiger partial charge on any atom is -0.463 e. The highest BCUT2D eigenvalue weighted by molar-refractivity contribution is 7.99. The second-order valence-corrected chi connectivity index (χ2v) is 9.96. The summed E-state index contributed by atoms with van der Waals surface area (Å²) >= 11 is 2.90. The molecule has 4 rings (SSSR count). The van der Waals surface area contributed by atoms with E-state index in [9.17, 15) is 14.4 Å². The molecule has 0 atom stereocenters. The zero-order valence-corrected chi connectivity index (χ0v) is 20.9. The number of carbonyl (C=O) groups excluding carboxylic acids is 2. The van der Waals surface area contributed by atoms with Gasteiger partial charge in [-0.15, -0.1) is 11.3 Å². The predicted molar refractivity (Wildman–Crippen MR) is 138 cm³/mol. The smallest absolute Gasteiger partial charge is 0.330 e. The molecular weight excluding hydrogens is 470 g/mol. The minimum absolute atomic E-state index is 0.0145. The van der Waals surface area contributed by atoms with Crippen LogP contribution in [0.25, 0.3) is 16.3 Å². The predicted octanol–water partition coefficient (Wildman–Crippen LogP) is 4.66. The van der Waals surface area contributed by atoms with Crippen LogP contribution in [0.5, 0.6) is 0 Å². The summed E-state index contributed by atoms with van der Waals surface area (Å²) in [7, 11) is 0. The van der Waals surface area contributed by atoms with Crippen LogP contribution in [-0.2, 0) is 33.7 Å². The van der Waals surface area contributed by atoms with Crippen molar-refractivity contribution in [3.63, 3.8) is 0 Å². The lowest BCUT2D eigenvalue weighted by atomic mass is 10.2. The van der Waals surface area contributed by atoms with Gasteiger partial charge in [0.2, 0.25) is 5.91 Å². The molecule has 2 heterocycles. The van der Waals surface area contributed by atoms with E-state index in [-0.39, 0.29) is 17.2 Å². The van der Waals surface area contributed by atoms with Crippen molar-refractivity contribution < 1.29 is 14.3 Å². The highest BCUT2D eigenvalue weighted by Gasteiger charge is 2.23. The number of thiophene rings is 1. The van der Waals surface area contributed by atoms with Gasteiger partial charge in [0, 0.05) is 23.2 Å². The Bertz CT molecular complexity index is 1290. The highest BCUT2D eigenvalue weighted by atomic mass is 32.2. The van der Waals surface area contributed by atoms with Crippen LogP contribution < -0.4 is 10.9 Å². The Hall–Kier alpha value is -2.91. The zero-order valence-electron chi connectivity index (χ0n) is 19.3. The lowest BCUT2D eigenvalue weighted by molar-refractivity contribution is -0.137. The standard InChI is InChI=1S/C25H27N3O4S2/c1-3-14-28-24(31)22-18-6-5-7-19(18)34-23(22)27-25(28)33-15-20(29)26-17-11-8-16(9-12-17)10-13-21(30)32-4-2/h8-13H,3-7,14-15H2,1-2H3,(H,26,29)/b13-10+. The molecule has 0 unspecified atom stereocenters. The molecule has 9 heteroatoms. The first-order valence-electron chi connectivity index (χ1n) is 11.4. The normalized spacial score (nSPS) is 12.9. The fourth-order valence-electron chi connectivity index (χ4n) is 3.95. The van der Waals surface area contributed by atoms with Gasteiger partial charge >= 0.3 is 5.97 Å². The van der Waals surface area contributed by atoms with E-state index in [4.69, 9.17) is 9.72 Å². The van der Waals surface area contributed by atoms with E-state index in [0.29, 0.717) is 24.0 Å². The van der Waals surface area contributed by atoms with E-state index >= 15 is 0 Å². The van der Waals surface area contributed by atoms with Crippen LogP contribution in [0.4, 0.5) is 5.69 Å². The largest absolute Gasteiger partial charge is 0.463 e. The monoisotopic (exact) mass is 497 g/mol. The number of hydrogen-bond acceptors (Lipinski definition) is 7. The van der Waals surface area contributed by atoms with Crippen molar-refractivity contribution >= 4 is 57.0 Å². The van der Waals surface area contributed by atoms with E-state index < -0.39 is 5.97 Å². The number of ether oxygens (including phenoxy) is 1.